The average molecular weight is 319 g/mol. The Morgan fingerprint density at radius 2 is 1.61 bits per heavy atom. The number of ether oxygens (including phenoxy) is 3. The Labute approximate surface area is 133 Å². The van der Waals surface area contributed by atoms with Gasteiger partial charge in [0.2, 0.25) is 0 Å². The molecule has 0 unspecified atom stereocenters. The molecule has 0 bridgehead atoms. The van der Waals surface area contributed by atoms with Gasteiger partial charge < -0.3 is 18.7 Å². The maximum atomic E-state index is 11.7. The second-order valence-electron chi connectivity index (χ2n) is 4.82. The van der Waals surface area contributed by atoms with Crippen LogP contribution in [0.5, 0.6) is 5.75 Å². The van der Waals surface area contributed by atoms with Crippen molar-refractivity contribution in [2.75, 3.05) is 14.2 Å². The van der Waals surface area contributed by atoms with E-state index in [4.69, 9.17) is 9.26 Å². The lowest BCUT2D eigenvalue weighted by molar-refractivity contribution is 0.0598. The molecular weight excluding hydrogens is 302 g/mol. The minimum Gasteiger partial charge on any atom is -0.489 e. The van der Waals surface area contributed by atoms with Crippen LogP contribution in [0, 0.1) is 13.8 Å². The molecule has 0 aliphatic heterocycles. The van der Waals surface area contributed by atoms with Crippen molar-refractivity contribution < 1.29 is 28.3 Å². The summed E-state index contributed by atoms with van der Waals surface area (Å²) in [6, 6.07) is 4.38. The Morgan fingerprint density at radius 3 is 2.04 bits per heavy atom. The molecule has 23 heavy (non-hydrogen) atoms. The Balaban J connectivity index is 2.29. The molecule has 7 heteroatoms. The van der Waals surface area contributed by atoms with Crippen molar-refractivity contribution >= 4 is 11.9 Å². The van der Waals surface area contributed by atoms with Crippen LogP contribution in [0.25, 0.3) is 0 Å². The van der Waals surface area contributed by atoms with Crippen LogP contribution < -0.4 is 4.74 Å². The highest BCUT2D eigenvalue weighted by Crippen LogP contribution is 2.21. The van der Waals surface area contributed by atoms with Crippen LogP contribution in [0.3, 0.4) is 0 Å². The van der Waals surface area contributed by atoms with Crippen molar-refractivity contribution in [1.82, 2.24) is 5.16 Å². The maximum absolute atomic E-state index is 11.7. The van der Waals surface area contributed by atoms with Gasteiger partial charge in [0.25, 0.3) is 0 Å². The number of hydrogen-bond acceptors (Lipinski definition) is 7. The molecule has 0 saturated carbocycles. The zero-order valence-corrected chi connectivity index (χ0v) is 13.3. The molecule has 0 aliphatic rings. The average Bonchev–Trinajstić information content (AvgIpc) is 2.89. The van der Waals surface area contributed by atoms with Crippen LogP contribution in [0.1, 0.15) is 37.7 Å². The number of hydrogen-bond donors (Lipinski definition) is 0. The van der Waals surface area contributed by atoms with E-state index in [1.807, 2.05) is 0 Å². The van der Waals surface area contributed by atoms with Crippen molar-refractivity contribution in [3.8, 4) is 5.75 Å². The molecule has 0 spiro atoms. The quantitative estimate of drug-likeness (QED) is 0.782. The minimum absolute atomic E-state index is 0.198. The van der Waals surface area contributed by atoms with Crippen molar-refractivity contribution in [3.63, 3.8) is 0 Å². The summed E-state index contributed by atoms with van der Waals surface area (Å²) in [6.07, 6.45) is 0. The summed E-state index contributed by atoms with van der Waals surface area (Å²) in [4.78, 5) is 23.4. The standard InChI is InChI=1S/C16H17NO6/c1-9-14(10(2)23-17-9)8-22-13-6-11(15(18)20-3)5-12(7-13)16(19)21-4/h5-7H,8H2,1-4H3. The van der Waals surface area contributed by atoms with Gasteiger partial charge in [0.1, 0.15) is 18.1 Å². The van der Waals surface area contributed by atoms with Crippen LogP contribution in [-0.4, -0.2) is 31.3 Å². The molecule has 2 rings (SSSR count). The van der Waals surface area contributed by atoms with Gasteiger partial charge in [-0.05, 0) is 32.0 Å². The van der Waals surface area contributed by atoms with Crippen LogP contribution >= 0.6 is 0 Å². The first-order valence-corrected chi connectivity index (χ1v) is 6.82. The zero-order valence-electron chi connectivity index (χ0n) is 13.3. The highest BCUT2D eigenvalue weighted by Gasteiger charge is 2.16. The fourth-order valence-corrected chi connectivity index (χ4v) is 2.02. The molecule has 7 nitrogen and oxygen atoms in total. The molecule has 0 saturated heterocycles. The number of benzene rings is 1. The molecule has 2 aromatic rings. The monoisotopic (exact) mass is 319 g/mol. The molecule has 1 aromatic carbocycles. The number of esters is 2. The first-order chi connectivity index (χ1) is 11.0. The third-order valence-electron chi connectivity index (χ3n) is 3.31. The predicted octanol–water partition coefficient (Wildman–Crippen LogP) is 2.44. The molecule has 0 N–H and O–H groups in total. The van der Waals surface area contributed by atoms with Crippen molar-refractivity contribution in [3.05, 3.63) is 46.3 Å². The fourth-order valence-electron chi connectivity index (χ4n) is 2.02. The Hall–Kier alpha value is -2.83. The molecule has 1 aromatic heterocycles. The van der Waals surface area contributed by atoms with Gasteiger partial charge in [0.05, 0.1) is 36.6 Å². The second-order valence-corrected chi connectivity index (χ2v) is 4.82. The summed E-state index contributed by atoms with van der Waals surface area (Å²) < 4.78 is 20.1. The molecule has 0 atom stereocenters. The largest absolute Gasteiger partial charge is 0.489 e. The highest BCUT2D eigenvalue weighted by molar-refractivity contribution is 5.96. The summed E-state index contributed by atoms with van der Waals surface area (Å²) in [5.41, 5.74) is 1.93. The molecule has 0 amide bonds. The SMILES string of the molecule is COC(=O)c1cc(OCc2c(C)noc2C)cc(C(=O)OC)c1. The van der Waals surface area contributed by atoms with Crippen LogP contribution in [0.4, 0.5) is 0 Å². The van der Waals surface area contributed by atoms with Gasteiger partial charge in [-0.2, -0.15) is 0 Å². The smallest absolute Gasteiger partial charge is 0.338 e. The van der Waals surface area contributed by atoms with Gasteiger partial charge in [-0.15, -0.1) is 0 Å². The molecule has 0 aliphatic carbocycles. The number of rotatable bonds is 5. The number of carbonyl (C=O) groups excluding carboxylic acids is 2. The van der Waals surface area contributed by atoms with E-state index in [2.05, 4.69) is 14.6 Å². The minimum atomic E-state index is -0.571. The van der Waals surface area contributed by atoms with E-state index in [1.54, 1.807) is 13.8 Å². The molecule has 1 heterocycles. The van der Waals surface area contributed by atoms with E-state index >= 15 is 0 Å². The number of aromatic nitrogens is 1. The lowest BCUT2D eigenvalue weighted by Crippen LogP contribution is -2.08. The van der Waals surface area contributed by atoms with Crippen molar-refractivity contribution in [2.45, 2.75) is 20.5 Å². The topological polar surface area (TPSA) is 87.9 Å². The van der Waals surface area contributed by atoms with E-state index in [0.717, 1.165) is 11.3 Å². The third-order valence-corrected chi connectivity index (χ3v) is 3.31. The summed E-state index contributed by atoms with van der Waals surface area (Å²) in [7, 11) is 2.52. The first-order valence-electron chi connectivity index (χ1n) is 6.82. The van der Waals surface area contributed by atoms with Gasteiger partial charge in [0, 0.05) is 0 Å². The van der Waals surface area contributed by atoms with Gasteiger partial charge in [-0.25, -0.2) is 9.59 Å². The van der Waals surface area contributed by atoms with Crippen molar-refractivity contribution in [2.24, 2.45) is 0 Å². The van der Waals surface area contributed by atoms with Gasteiger partial charge >= 0.3 is 11.9 Å². The number of nitrogens with zero attached hydrogens (tertiary/aromatic N) is 1. The summed E-state index contributed by atoms with van der Waals surface area (Å²) in [5.74, 6) is -0.149. The van der Waals surface area contributed by atoms with E-state index in [-0.39, 0.29) is 17.7 Å². The Morgan fingerprint density at radius 1 is 1.04 bits per heavy atom. The Bertz CT molecular complexity index is 680. The van der Waals surface area contributed by atoms with Crippen LogP contribution in [0.2, 0.25) is 0 Å². The van der Waals surface area contributed by atoms with Crippen LogP contribution in [0.15, 0.2) is 22.7 Å². The summed E-state index contributed by atoms with van der Waals surface area (Å²) in [6.45, 7) is 3.79. The summed E-state index contributed by atoms with van der Waals surface area (Å²) >= 11 is 0. The van der Waals surface area contributed by atoms with E-state index in [9.17, 15) is 9.59 Å². The second kappa shape index (κ2) is 6.95. The predicted molar refractivity (Wildman–Crippen MR) is 79.4 cm³/mol. The molecule has 122 valence electrons. The van der Waals surface area contributed by atoms with Crippen LogP contribution in [-0.2, 0) is 16.1 Å². The highest BCUT2D eigenvalue weighted by atomic mass is 16.5. The lowest BCUT2D eigenvalue weighted by atomic mass is 10.1. The van der Waals surface area contributed by atoms with Gasteiger partial charge in [-0.1, -0.05) is 5.16 Å². The van der Waals surface area contributed by atoms with Gasteiger partial charge in [0.15, 0.2) is 0 Å². The fraction of sp³-hybridized carbons (Fsp3) is 0.312. The first kappa shape index (κ1) is 16.5. The van der Waals surface area contributed by atoms with E-state index < -0.39 is 11.9 Å². The lowest BCUT2D eigenvalue weighted by Gasteiger charge is -2.10. The molecular formula is C16H17NO6. The number of aryl methyl sites for hydroxylation is 2. The van der Waals surface area contributed by atoms with E-state index in [0.29, 0.717) is 11.5 Å². The van der Waals surface area contributed by atoms with E-state index in [1.165, 1.54) is 32.4 Å². The molecule has 0 radical (unpaired) electrons. The van der Waals surface area contributed by atoms with Crippen molar-refractivity contribution in [1.29, 1.82) is 0 Å². The Kier molecular flexibility index (Phi) is 5.00. The normalized spacial score (nSPS) is 10.3. The maximum Gasteiger partial charge on any atom is 0.338 e. The number of carbonyl (C=O) groups is 2. The van der Waals surface area contributed by atoms with Gasteiger partial charge in [-0.3, -0.25) is 0 Å². The summed E-state index contributed by atoms with van der Waals surface area (Å²) in [5, 5.41) is 3.84. The zero-order chi connectivity index (χ0) is 17.0. The molecule has 0 fully saturated rings. The number of methoxy groups -OCH3 is 2. The third kappa shape index (κ3) is 3.68.